The Hall–Kier alpha value is -1.97. The second-order valence-electron chi connectivity index (χ2n) is 9.58. The molecule has 4 atom stereocenters. The van der Waals surface area contributed by atoms with Crippen LogP contribution in [0.25, 0.3) is 0 Å². The molecule has 0 bridgehead atoms. The molecule has 1 aliphatic carbocycles. The van der Waals surface area contributed by atoms with Crippen LogP contribution in [0.3, 0.4) is 0 Å². The van der Waals surface area contributed by atoms with Gasteiger partial charge in [-0.25, -0.2) is 0 Å². The highest BCUT2D eigenvalue weighted by Gasteiger charge is 2.47. The minimum absolute atomic E-state index is 0.0210. The number of alkyl halides is 3. The van der Waals surface area contributed by atoms with Crippen molar-refractivity contribution in [2.45, 2.75) is 64.0 Å². The molecule has 0 aromatic carbocycles. The first kappa shape index (κ1) is 24.2. The summed E-state index contributed by atoms with van der Waals surface area (Å²) in [7, 11) is 1.67. The fraction of sp³-hybridized carbons (Fsp3) is 0.667. The van der Waals surface area contributed by atoms with Crippen molar-refractivity contribution >= 4 is 5.91 Å². The highest BCUT2D eigenvalue weighted by Crippen LogP contribution is 2.42. The molecule has 1 fully saturated rings. The lowest BCUT2D eigenvalue weighted by Crippen LogP contribution is -2.52. The van der Waals surface area contributed by atoms with Crippen molar-refractivity contribution in [2.24, 2.45) is 11.3 Å². The number of nitrogens with one attached hydrogen (secondary N) is 1. The van der Waals surface area contributed by atoms with Crippen LogP contribution in [0.4, 0.5) is 13.2 Å². The Morgan fingerprint density at radius 1 is 1.39 bits per heavy atom. The Morgan fingerprint density at radius 3 is 2.88 bits per heavy atom. The van der Waals surface area contributed by atoms with Crippen molar-refractivity contribution in [2.75, 3.05) is 26.9 Å². The van der Waals surface area contributed by atoms with Gasteiger partial charge in [0.05, 0.1) is 23.7 Å². The van der Waals surface area contributed by atoms with E-state index in [0.29, 0.717) is 43.9 Å². The molecule has 0 radical (unpaired) electrons. The highest BCUT2D eigenvalue weighted by atomic mass is 19.4. The number of methoxy groups -OCH3 is 1. The zero-order chi connectivity index (χ0) is 23.8. The molecular formula is C24H32F3N3O3. The van der Waals surface area contributed by atoms with E-state index in [0.717, 1.165) is 18.7 Å². The van der Waals surface area contributed by atoms with Gasteiger partial charge in [0.2, 0.25) is 5.91 Å². The van der Waals surface area contributed by atoms with Crippen LogP contribution in [0.15, 0.2) is 24.4 Å². The fourth-order valence-corrected chi connectivity index (χ4v) is 5.19. The van der Waals surface area contributed by atoms with Crippen LogP contribution in [0.1, 0.15) is 43.5 Å². The molecule has 3 heterocycles. The predicted octanol–water partition coefficient (Wildman–Crippen LogP) is 3.35. The normalized spacial score (nSPS) is 30.0. The molecule has 0 spiro atoms. The molecule has 0 saturated carbocycles. The van der Waals surface area contributed by atoms with Gasteiger partial charge in [-0.05, 0) is 30.4 Å². The van der Waals surface area contributed by atoms with Crippen molar-refractivity contribution in [3.05, 3.63) is 41.2 Å². The van der Waals surface area contributed by atoms with E-state index >= 15 is 0 Å². The molecule has 1 aromatic heterocycles. The molecule has 1 amide bonds. The van der Waals surface area contributed by atoms with Gasteiger partial charge in [0, 0.05) is 57.2 Å². The number of ether oxygens (including phenoxy) is 2. The smallest absolute Gasteiger partial charge is 0.379 e. The van der Waals surface area contributed by atoms with Gasteiger partial charge in [-0.3, -0.25) is 9.78 Å². The Kier molecular flexibility index (Phi) is 6.85. The third kappa shape index (κ3) is 4.81. The molecule has 1 unspecified atom stereocenters. The molecule has 1 aromatic rings. The average molecular weight is 468 g/mol. The standard InChI is InChI=1S/C24H32F3N3O3/c1-15(2)23(7-4-18(11-23)29-20-6-9-33-14-21(20)32-3)22(31)30-8-5-19-16(13-30)10-17(12-28-19)24(25,26)27/h4,7,10,12,15,18,20-21,29H,5-6,8-9,11,13-14H2,1-3H3/t18-,20?,21-,23+/m1/s1. The van der Waals surface area contributed by atoms with Gasteiger partial charge in [0.25, 0.3) is 0 Å². The van der Waals surface area contributed by atoms with Crippen molar-refractivity contribution in [3.8, 4) is 0 Å². The maximum absolute atomic E-state index is 13.8. The van der Waals surface area contributed by atoms with Crippen molar-refractivity contribution in [1.82, 2.24) is 15.2 Å². The number of halogens is 3. The van der Waals surface area contributed by atoms with Crippen molar-refractivity contribution < 1.29 is 27.4 Å². The maximum atomic E-state index is 13.8. The summed E-state index contributed by atoms with van der Waals surface area (Å²) in [6, 6.07) is 1.30. The van der Waals surface area contributed by atoms with Crippen LogP contribution in [0.5, 0.6) is 0 Å². The van der Waals surface area contributed by atoms with Crippen LogP contribution >= 0.6 is 0 Å². The number of nitrogens with zero attached hydrogens (tertiary/aromatic N) is 2. The predicted molar refractivity (Wildman–Crippen MR) is 116 cm³/mol. The number of amides is 1. The first-order chi connectivity index (χ1) is 15.6. The number of fused-ring (bicyclic) bond motifs is 1. The summed E-state index contributed by atoms with van der Waals surface area (Å²) in [5, 5.41) is 3.63. The summed E-state index contributed by atoms with van der Waals surface area (Å²) in [5.74, 6) is 0.0124. The largest absolute Gasteiger partial charge is 0.417 e. The molecular weight excluding hydrogens is 435 g/mol. The Bertz CT molecular complexity index is 905. The van der Waals surface area contributed by atoms with E-state index in [1.165, 1.54) is 0 Å². The van der Waals surface area contributed by atoms with E-state index in [2.05, 4.69) is 16.4 Å². The SMILES string of the molecule is CO[C@@H]1COCCC1N[C@@H]1C=C[C@@](C(=O)N2CCc3ncc(C(F)(F)F)cc3C2)(C(C)C)C1. The first-order valence-corrected chi connectivity index (χ1v) is 11.5. The van der Waals surface area contributed by atoms with Crippen LogP contribution in [-0.2, 0) is 33.4 Å². The van der Waals surface area contributed by atoms with E-state index in [1.807, 2.05) is 19.9 Å². The minimum atomic E-state index is -4.45. The summed E-state index contributed by atoms with van der Waals surface area (Å²) < 4.78 is 50.5. The van der Waals surface area contributed by atoms with Crippen LogP contribution in [-0.4, -0.2) is 60.8 Å². The van der Waals surface area contributed by atoms with E-state index in [-0.39, 0.29) is 36.6 Å². The second kappa shape index (κ2) is 9.35. The molecule has 182 valence electrons. The summed E-state index contributed by atoms with van der Waals surface area (Å²) in [5.41, 5.74) is -0.358. The third-order valence-electron chi connectivity index (χ3n) is 7.30. The van der Waals surface area contributed by atoms with E-state index in [1.54, 1.807) is 12.0 Å². The summed E-state index contributed by atoms with van der Waals surface area (Å²) in [6.07, 6.45) is 2.35. The number of hydrogen-bond acceptors (Lipinski definition) is 5. The maximum Gasteiger partial charge on any atom is 0.417 e. The molecule has 1 N–H and O–H groups in total. The monoisotopic (exact) mass is 467 g/mol. The van der Waals surface area contributed by atoms with Gasteiger partial charge in [-0.1, -0.05) is 26.0 Å². The van der Waals surface area contributed by atoms with Crippen molar-refractivity contribution in [1.29, 1.82) is 0 Å². The fourth-order valence-electron chi connectivity index (χ4n) is 5.19. The zero-order valence-electron chi connectivity index (χ0n) is 19.3. The number of aromatic nitrogens is 1. The van der Waals surface area contributed by atoms with Gasteiger partial charge < -0.3 is 19.7 Å². The van der Waals surface area contributed by atoms with Crippen LogP contribution in [0, 0.1) is 11.3 Å². The molecule has 33 heavy (non-hydrogen) atoms. The lowest BCUT2D eigenvalue weighted by molar-refractivity contribution is -0.143. The number of carbonyl (C=O) groups excluding carboxylic acids is 1. The topological polar surface area (TPSA) is 63.7 Å². The Balaban J connectivity index is 1.49. The van der Waals surface area contributed by atoms with Gasteiger partial charge in [-0.15, -0.1) is 0 Å². The summed E-state index contributed by atoms with van der Waals surface area (Å²) in [6.45, 7) is 5.87. The van der Waals surface area contributed by atoms with Crippen LogP contribution < -0.4 is 5.32 Å². The molecule has 9 heteroatoms. The molecule has 3 aliphatic rings. The summed E-state index contributed by atoms with van der Waals surface area (Å²) >= 11 is 0. The molecule has 1 saturated heterocycles. The molecule has 2 aliphatic heterocycles. The number of hydrogen-bond donors (Lipinski definition) is 1. The van der Waals surface area contributed by atoms with Gasteiger partial charge in [0.1, 0.15) is 0 Å². The minimum Gasteiger partial charge on any atom is -0.379 e. The first-order valence-electron chi connectivity index (χ1n) is 11.5. The van der Waals surface area contributed by atoms with Gasteiger partial charge in [0.15, 0.2) is 0 Å². The quantitative estimate of drug-likeness (QED) is 0.673. The van der Waals surface area contributed by atoms with E-state index < -0.39 is 17.2 Å². The van der Waals surface area contributed by atoms with Crippen LogP contribution in [0.2, 0.25) is 0 Å². The molecule has 6 nitrogen and oxygen atoms in total. The molecule has 4 rings (SSSR count). The Labute approximate surface area is 192 Å². The number of carbonyl (C=O) groups is 1. The van der Waals surface area contributed by atoms with Crippen molar-refractivity contribution in [3.63, 3.8) is 0 Å². The van der Waals surface area contributed by atoms with Gasteiger partial charge in [-0.2, -0.15) is 13.2 Å². The second-order valence-corrected chi connectivity index (χ2v) is 9.58. The number of rotatable bonds is 5. The third-order valence-corrected chi connectivity index (χ3v) is 7.30. The van der Waals surface area contributed by atoms with E-state index in [9.17, 15) is 18.0 Å². The lowest BCUT2D eigenvalue weighted by atomic mass is 9.74. The summed E-state index contributed by atoms with van der Waals surface area (Å²) in [4.78, 5) is 19.5. The Morgan fingerprint density at radius 2 is 2.18 bits per heavy atom. The average Bonchev–Trinajstić information content (AvgIpc) is 3.23. The lowest BCUT2D eigenvalue weighted by Gasteiger charge is -2.39. The number of pyridine rings is 1. The van der Waals surface area contributed by atoms with E-state index in [4.69, 9.17) is 9.47 Å². The highest BCUT2D eigenvalue weighted by molar-refractivity contribution is 5.86. The zero-order valence-corrected chi connectivity index (χ0v) is 19.3. The van der Waals surface area contributed by atoms with Gasteiger partial charge >= 0.3 is 6.18 Å².